The summed E-state index contributed by atoms with van der Waals surface area (Å²) in [4.78, 5) is 1.85. The molecule has 7 heteroatoms. The summed E-state index contributed by atoms with van der Waals surface area (Å²) >= 11 is 0. The van der Waals surface area contributed by atoms with Gasteiger partial charge in [0.2, 0.25) is 10.0 Å². The van der Waals surface area contributed by atoms with Gasteiger partial charge in [-0.05, 0) is 43.2 Å². The van der Waals surface area contributed by atoms with Crippen molar-refractivity contribution < 1.29 is 17.2 Å². The molecule has 1 heterocycles. The number of benzene rings is 2. The van der Waals surface area contributed by atoms with Crippen LogP contribution in [0.2, 0.25) is 0 Å². The minimum Gasteiger partial charge on any atom is -0.364 e. The summed E-state index contributed by atoms with van der Waals surface area (Å²) in [5.41, 5.74) is 1.47. The molecule has 25 heavy (non-hydrogen) atoms. The highest BCUT2D eigenvalue weighted by Gasteiger charge is 2.31. The Balaban J connectivity index is 1.81. The van der Waals surface area contributed by atoms with Gasteiger partial charge in [-0.15, -0.1) is 0 Å². The average molecular weight is 366 g/mol. The SMILES string of the molecule is Cc1ccc(C)c(S(=O)(=O)N2CCN(c3c(F)cccc3F)CC2)c1. The molecule has 1 fully saturated rings. The van der Waals surface area contributed by atoms with Gasteiger partial charge in [-0.25, -0.2) is 17.2 Å². The molecule has 0 spiro atoms. The van der Waals surface area contributed by atoms with E-state index < -0.39 is 21.7 Å². The van der Waals surface area contributed by atoms with E-state index in [1.165, 1.54) is 22.5 Å². The lowest BCUT2D eigenvalue weighted by molar-refractivity contribution is 0.380. The number of nitrogens with zero attached hydrogens (tertiary/aromatic N) is 2. The Morgan fingerprint density at radius 3 is 2.12 bits per heavy atom. The van der Waals surface area contributed by atoms with E-state index in [0.29, 0.717) is 5.56 Å². The zero-order valence-electron chi connectivity index (χ0n) is 14.2. The lowest BCUT2D eigenvalue weighted by atomic mass is 10.2. The first-order valence-electron chi connectivity index (χ1n) is 8.07. The lowest BCUT2D eigenvalue weighted by Crippen LogP contribution is -2.49. The van der Waals surface area contributed by atoms with E-state index in [4.69, 9.17) is 0 Å². The summed E-state index contributed by atoms with van der Waals surface area (Å²) < 4.78 is 55.0. The predicted octanol–water partition coefficient (Wildman–Crippen LogP) is 3.09. The maximum atomic E-state index is 13.9. The van der Waals surface area contributed by atoms with E-state index in [1.807, 2.05) is 13.0 Å². The first kappa shape index (κ1) is 17.8. The number of sulfonamides is 1. The second-order valence-corrected chi connectivity index (χ2v) is 8.14. The van der Waals surface area contributed by atoms with E-state index in [-0.39, 0.29) is 36.8 Å². The number of rotatable bonds is 3. The molecule has 0 bridgehead atoms. The van der Waals surface area contributed by atoms with Crippen LogP contribution in [0.15, 0.2) is 41.3 Å². The predicted molar refractivity (Wildman–Crippen MR) is 93.2 cm³/mol. The van der Waals surface area contributed by atoms with Gasteiger partial charge < -0.3 is 4.90 Å². The van der Waals surface area contributed by atoms with Gasteiger partial charge in [0.05, 0.1) is 4.90 Å². The van der Waals surface area contributed by atoms with Crippen molar-refractivity contribution in [1.29, 1.82) is 0 Å². The molecule has 0 aliphatic carbocycles. The quantitative estimate of drug-likeness (QED) is 0.838. The summed E-state index contributed by atoms with van der Waals surface area (Å²) in [6.07, 6.45) is 0. The summed E-state index contributed by atoms with van der Waals surface area (Å²) in [6, 6.07) is 9.04. The molecule has 134 valence electrons. The summed E-state index contributed by atoms with van der Waals surface area (Å²) in [5, 5.41) is 0. The van der Waals surface area contributed by atoms with Gasteiger partial charge >= 0.3 is 0 Å². The Kier molecular flexibility index (Phi) is 4.79. The first-order valence-corrected chi connectivity index (χ1v) is 9.51. The maximum Gasteiger partial charge on any atom is 0.243 e. The molecule has 1 aliphatic rings. The number of aryl methyl sites for hydroxylation is 2. The molecule has 0 unspecified atom stereocenters. The summed E-state index contributed by atoms with van der Waals surface area (Å²) in [7, 11) is -3.62. The van der Waals surface area contributed by atoms with Crippen molar-refractivity contribution in [2.45, 2.75) is 18.7 Å². The second-order valence-electron chi connectivity index (χ2n) is 6.23. The van der Waals surface area contributed by atoms with Crippen LogP contribution in [-0.2, 0) is 10.0 Å². The average Bonchev–Trinajstić information content (AvgIpc) is 2.57. The van der Waals surface area contributed by atoms with Crippen LogP contribution in [0, 0.1) is 25.5 Å². The molecule has 1 saturated heterocycles. The third-order valence-electron chi connectivity index (χ3n) is 4.45. The van der Waals surface area contributed by atoms with Gasteiger partial charge in [0, 0.05) is 26.2 Å². The molecule has 2 aromatic carbocycles. The number of para-hydroxylation sites is 1. The van der Waals surface area contributed by atoms with E-state index in [1.54, 1.807) is 24.0 Å². The van der Waals surface area contributed by atoms with E-state index in [2.05, 4.69) is 0 Å². The lowest BCUT2D eigenvalue weighted by Gasteiger charge is -2.35. The van der Waals surface area contributed by atoms with Gasteiger partial charge in [0.15, 0.2) is 0 Å². The number of hydrogen-bond acceptors (Lipinski definition) is 3. The van der Waals surface area contributed by atoms with Crippen LogP contribution < -0.4 is 4.90 Å². The highest BCUT2D eigenvalue weighted by atomic mass is 32.2. The Morgan fingerprint density at radius 1 is 0.920 bits per heavy atom. The molecular formula is C18H20F2N2O2S. The Labute approximate surface area is 146 Å². The normalized spacial score (nSPS) is 16.2. The Hall–Kier alpha value is -1.99. The summed E-state index contributed by atoms with van der Waals surface area (Å²) in [6.45, 7) is 4.45. The van der Waals surface area contributed by atoms with Gasteiger partial charge in [-0.1, -0.05) is 18.2 Å². The maximum absolute atomic E-state index is 13.9. The van der Waals surface area contributed by atoms with Gasteiger partial charge in [0.1, 0.15) is 17.3 Å². The van der Waals surface area contributed by atoms with Crippen molar-refractivity contribution >= 4 is 15.7 Å². The molecule has 1 aliphatic heterocycles. The van der Waals surface area contributed by atoms with Crippen LogP contribution in [-0.4, -0.2) is 38.9 Å². The Bertz CT molecular complexity index is 872. The van der Waals surface area contributed by atoms with Crippen molar-refractivity contribution in [3.8, 4) is 0 Å². The third-order valence-corrected chi connectivity index (χ3v) is 6.49. The zero-order chi connectivity index (χ0) is 18.2. The van der Waals surface area contributed by atoms with Crippen LogP contribution in [0.1, 0.15) is 11.1 Å². The van der Waals surface area contributed by atoms with Crippen LogP contribution in [0.5, 0.6) is 0 Å². The van der Waals surface area contributed by atoms with Crippen LogP contribution >= 0.6 is 0 Å². The number of anilines is 1. The van der Waals surface area contributed by atoms with Crippen molar-refractivity contribution in [1.82, 2.24) is 4.31 Å². The molecular weight excluding hydrogens is 346 g/mol. The van der Waals surface area contributed by atoms with Gasteiger partial charge in [0.25, 0.3) is 0 Å². The van der Waals surface area contributed by atoms with Crippen molar-refractivity contribution in [2.75, 3.05) is 31.1 Å². The van der Waals surface area contributed by atoms with Crippen LogP contribution in [0.25, 0.3) is 0 Å². The molecule has 0 N–H and O–H groups in total. The highest BCUT2D eigenvalue weighted by molar-refractivity contribution is 7.89. The Morgan fingerprint density at radius 2 is 1.52 bits per heavy atom. The molecule has 0 amide bonds. The first-order chi connectivity index (χ1) is 11.8. The molecule has 0 radical (unpaired) electrons. The largest absolute Gasteiger partial charge is 0.364 e. The van der Waals surface area contributed by atoms with E-state index in [0.717, 1.165) is 5.56 Å². The van der Waals surface area contributed by atoms with Crippen LogP contribution in [0.4, 0.5) is 14.5 Å². The molecule has 2 aromatic rings. The molecule has 3 rings (SSSR count). The van der Waals surface area contributed by atoms with Crippen molar-refractivity contribution in [3.63, 3.8) is 0 Å². The fourth-order valence-corrected chi connectivity index (χ4v) is 4.80. The number of piperazine rings is 1. The molecule has 0 saturated carbocycles. The van der Waals surface area contributed by atoms with Gasteiger partial charge in [-0.3, -0.25) is 0 Å². The van der Waals surface area contributed by atoms with E-state index in [9.17, 15) is 17.2 Å². The minimum absolute atomic E-state index is 0.0914. The smallest absolute Gasteiger partial charge is 0.243 e. The molecule has 0 atom stereocenters. The molecule has 0 aromatic heterocycles. The summed E-state index contributed by atoms with van der Waals surface area (Å²) in [5.74, 6) is -1.27. The number of hydrogen-bond donors (Lipinski definition) is 0. The minimum atomic E-state index is -3.62. The fraction of sp³-hybridized carbons (Fsp3) is 0.333. The number of halogens is 2. The zero-order valence-corrected chi connectivity index (χ0v) is 15.0. The highest BCUT2D eigenvalue weighted by Crippen LogP contribution is 2.27. The molecule has 4 nitrogen and oxygen atoms in total. The van der Waals surface area contributed by atoms with Gasteiger partial charge in [-0.2, -0.15) is 4.31 Å². The fourth-order valence-electron chi connectivity index (χ4n) is 3.07. The van der Waals surface area contributed by atoms with E-state index >= 15 is 0 Å². The standard InChI is InChI=1S/C18H20F2N2O2S/c1-13-6-7-14(2)17(12-13)25(23,24)22-10-8-21(9-11-22)18-15(19)4-3-5-16(18)20/h3-7,12H,8-11H2,1-2H3. The topological polar surface area (TPSA) is 40.6 Å². The second kappa shape index (κ2) is 6.72. The van der Waals surface area contributed by atoms with Crippen molar-refractivity contribution in [3.05, 3.63) is 59.2 Å². The van der Waals surface area contributed by atoms with Crippen molar-refractivity contribution in [2.24, 2.45) is 0 Å². The monoisotopic (exact) mass is 366 g/mol. The van der Waals surface area contributed by atoms with Crippen LogP contribution in [0.3, 0.4) is 0 Å². The third kappa shape index (κ3) is 3.39.